The Balaban J connectivity index is 2.05. The van der Waals surface area contributed by atoms with Crippen molar-refractivity contribution < 1.29 is 14.3 Å². The molecule has 1 unspecified atom stereocenters. The fraction of sp³-hybridized carbons (Fsp3) is 0.393. The number of allylic oxidation sites excluding steroid dienone is 1. The van der Waals surface area contributed by atoms with Crippen LogP contribution in [-0.4, -0.2) is 22.9 Å². The summed E-state index contributed by atoms with van der Waals surface area (Å²) in [5.74, 6) is -0.857. The fourth-order valence-corrected chi connectivity index (χ4v) is 4.18. The van der Waals surface area contributed by atoms with Crippen LogP contribution >= 0.6 is 0 Å². The van der Waals surface area contributed by atoms with Crippen molar-refractivity contribution in [2.45, 2.75) is 71.9 Å². The molecule has 2 aromatic carbocycles. The van der Waals surface area contributed by atoms with Crippen LogP contribution in [0.2, 0.25) is 0 Å². The summed E-state index contributed by atoms with van der Waals surface area (Å²) < 4.78 is 5.58. The van der Waals surface area contributed by atoms with Gasteiger partial charge in [0.05, 0.1) is 29.9 Å². The van der Waals surface area contributed by atoms with E-state index in [1.165, 1.54) is 5.56 Å². The molecule has 0 radical (unpaired) electrons. The van der Waals surface area contributed by atoms with Gasteiger partial charge in [0.15, 0.2) is 0 Å². The van der Waals surface area contributed by atoms with Gasteiger partial charge in [0, 0.05) is 18.0 Å². The summed E-state index contributed by atoms with van der Waals surface area (Å²) in [5.41, 5.74) is 4.47. The molecule has 0 saturated carbocycles. The second kappa shape index (κ2) is 9.62. The van der Waals surface area contributed by atoms with E-state index in [0.717, 1.165) is 11.1 Å². The number of hydrogen-bond donors (Lipinski definition) is 0. The van der Waals surface area contributed by atoms with Gasteiger partial charge in [-0.2, -0.15) is 5.26 Å². The molecule has 0 aliphatic carbocycles. The van der Waals surface area contributed by atoms with E-state index >= 15 is 0 Å². The minimum Gasteiger partial charge on any atom is -0.460 e. The van der Waals surface area contributed by atoms with E-state index in [4.69, 9.17) is 4.74 Å². The molecule has 33 heavy (non-hydrogen) atoms. The summed E-state index contributed by atoms with van der Waals surface area (Å²) in [4.78, 5) is 28.1. The van der Waals surface area contributed by atoms with Crippen LogP contribution in [0, 0.1) is 11.3 Å². The van der Waals surface area contributed by atoms with Crippen molar-refractivity contribution in [2.75, 3.05) is 0 Å². The number of nitrogens with zero attached hydrogens (tertiary/aromatic N) is 2. The quantitative estimate of drug-likeness (QED) is 0.563. The molecular weight excluding hydrogens is 412 g/mol. The highest BCUT2D eigenvalue weighted by atomic mass is 16.5. The summed E-state index contributed by atoms with van der Waals surface area (Å²) in [6, 6.07) is 17.5. The molecular formula is C28H32N2O3. The molecule has 1 aliphatic rings. The summed E-state index contributed by atoms with van der Waals surface area (Å²) in [6.07, 6.45) is -0.101. The first-order valence-electron chi connectivity index (χ1n) is 11.3. The lowest BCUT2D eigenvalue weighted by Crippen LogP contribution is -2.38. The zero-order valence-corrected chi connectivity index (χ0v) is 20.3. The Kier molecular flexibility index (Phi) is 7.07. The Morgan fingerprint density at radius 1 is 1.15 bits per heavy atom. The molecule has 0 saturated heterocycles. The van der Waals surface area contributed by atoms with Crippen LogP contribution in [0.3, 0.4) is 0 Å². The first-order chi connectivity index (χ1) is 15.5. The van der Waals surface area contributed by atoms with E-state index in [-0.39, 0.29) is 36.3 Å². The van der Waals surface area contributed by atoms with Crippen LogP contribution in [0.4, 0.5) is 0 Å². The van der Waals surface area contributed by atoms with Crippen LogP contribution in [0.15, 0.2) is 59.8 Å². The largest absolute Gasteiger partial charge is 0.460 e. The number of carbonyl (C=O) groups excluding carboxylic acids is 2. The molecule has 1 amide bonds. The Morgan fingerprint density at radius 3 is 2.36 bits per heavy atom. The van der Waals surface area contributed by atoms with E-state index < -0.39 is 5.97 Å². The van der Waals surface area contributed by atoms with Crippen LogP contribution in [-0.2, 0) is 26.3 Å². The molecule has 5 heteroatoms. The van der Waals surface area contributed by atoms with Gasteiger partial charge in [-0.25, -0.2) is 4.79 Å². The number of hydrogen-bond acceptors (Lipinski definition) is 4. The molecule has 0 aromatic heterocycles. The monoisotopic (exact) mass is 444 g/mol. The summed E-state index contributed by atoms with van der Waals surface area (Å²) in [6.45, 7) is 12.1. The van der Waals surface area contributed by atoms with Crippen molar-refractivity contribution in [3.05, 3.63) is 82.1 Å². The minimum absolute atomic E-state index is 0.0109. The molecule has 1 atom stereocenters. The lowest BCUT2D eigenvalue weighted by atomic mass is 9.81. The lowest BCUT2D eigenvalue weighted by Gasteiger charge is -2.35. The van der Waals surface area contributed by atoms with E-state index in [1.54, 1.807) is 24.0 Å². The Labute approximate surface area is 196 Å². The Bertz CT molecular complexity index is 1120. The van der Waals surface area contributed by atoms with Gasteiger partial charge < -0.3 is 9.64 Å². The zero-order valence-electron chi connectivity index (χ0n) is 20.3. The van der Waals surface area contributed by atoms with Crippen molar-refractivity contribution in [2.24, 2.45) is 0 Å². The van der Waals surface area contributed by atoms with Crippen LogP contribution in [0.1, 0.15) is 76.1 Å². The number of amides is 1. The number of benzene rings is 2. The van der Waals surface area contributed by atoms with Gasteiger partial charge in [-0.3, -0.25) is 4.79 Å². The highest BCUT2D eigenvalue weighted by Crippen LogP contribution is 2.38. The average Bonchev–Trinajstić information content (AvgIpc) is 2.75. The Hall–Kier alpha value is -3.39. The van der Waals surface area contributed by atoms with Crippen molar-refractivity contribution in [3.63, 3.8) is 0 Å². The molecule has 0 fully saturated rings. The molecule has 1 aliphatic heterocycles. The second-order valence-electron chi connectivity index (χ2n) is 9.83. The number of ether oxygens (including phenoxy) is 1. The van der Waals surface area contributed by atoms with Gasteiger partial charge >= 0.3 is 5.97 Å². The highest BCUT2D eigenvalue weighted by Gasteiger charge is 2.37. The standard InChI is InChI=1S/C28H32N2O3/c1-18(2)33-27(32)26-19(3)30(17-22-10-8-7-9-21(22)16-29)25(31)15-24(26)20-11-13-23(14-12-20)28(4,5)6/h7-14,18,24H,15,17H2,1-6H3. The molecule has 0 bridgehead atoms. The van der Waals surface area contributed by atoms with Crippen molar-refractivity contribution in [1.82, 2.24) is 4.90 Å². The number of nitriles is 1. The normalized spacial score (nSPS) is 16.7. The van der Waals surface area contributed by atoms with Gasteiger partial charge in [0.1, 0.15) is 0 Å². The van der Waals surface area contributed by atoms with Gasteiger partial charge in [-0.1, -0.05) is 63.2 Å². The van der Waals surface area contributed by atoms with Crippen molar-refractivity contribution >= 4 is 11.9 Å². The third kappa shape index (κ3) is 5.34. The number of esters is 1. The van der Waals surface area contributed by atoms with E-state index in [0.29, 0.717) is 16.8 Å². The second-order valence-corrected chi connectivity index (χ2v) is 9.83. The topological polar surface area (TPSA) is 70.4 Å². The first kappa shape index (κ1) is 24.3. The van der Waals surface area contributed by atoms with E-state index in [2.05, 4.69) is 39.0 Å². The van der Waals surface area contributed by atoms with Crippen LogP contribution < -0.4 is 0 Å². The van der Waals surface area contributed by atoms with E-state index in [9.17, 15) is 14.9 Å². The third-order valence-electron chi connectivity index (χ3n) is 6.03. The zero-order chi connectivity index (χ0) is 24.3. The van der Waals surface area contributed by atoms with Gasteiger partial charge in [0.25, 0.3) is 0 Å². The molecule has 2 aromatic rings. The van der Waals surface area contributed by atoms with Gasteiger partial charge in [-0.05, 0) is 48.9 Å². The van der Waals surface area contributed by atoms with Crippen LogP contribution in [0.25, 0.3) is 0 Å². The maximum absolute atomic E-state index is 13.3. The SMILES string of the molecule is CC1=C(C(=O)OC(C)C)C(c2ccc(C(C)(C)C)cc2)CC(=O)N1Cc1ccccc1C#N. The first-order valence-corrected chi connectivity index (χ1v) is 11.3. The smallest absolute Gasteiger partial charge is 0.336 e. The molecule has 1 heterocycles. The minimum atomic E-state index is -0.404. The average molecular weight is 445 g/mol. The molecule has 0 N–H and O–H groups in total. The highest BCUT2D eigenvalue weighted by molar-refractivity contribution is 5.96. The van der Waals surface area contributed by atoms with Crippen LogP contribution in [0.5, 0.6) is 0 Å². The summed E-state index contributed by atoms with van der Waals surface area (Å²) in [7, 11) is 0. The van der Waals surface area contributed by atoms with E-state index in [1.807, 2.05) is 38.1 Å². The molecule has 5 nitrogen and oxygen atoms in total. The predicted molar refractivity (Wildman–Crippen MR) is 128 cm³/mol. The summed E-state index contributed by atoms with van der Waals surface area (Å²) >= 11 is 0. The fourth-order valence-electron chi connectivity index (χ4n) is 4.18. The predicted octanol–water partition coefficient (Wildman–Crippen LogP) is 5.60. The maximum atomic E-state index is 13.3. The molecule has 3 rings (SSSR count). The van der Waals surface area contributed by atoms with Gasteiger partial charge in [-0.15, -0.1) is 0 Å². The van der Waals surface area contributed by atoms with Gasteiger partial charge in [0.2, 0.25) is 5.91 Å². The molecule has 0 spiro atoms. The maximum Gasteiger partial charge on any atom is 0.336 e. The third-order valence-corrected chi connectivity index (χ3v) is 6.03. The van der Waals surface area contributed by atoms with Crippen molar-refractivity contribution in [3.8, 4) is 6.07 Å². The van der Waals surface area contributed by atoms with Crippen molar-refractivity contribution in [1.29, 1.82) is 5.26 Å². The molecule has 172 valence electrons. The lowest BCUT2D eigenvalue weighted by molar-refractivity contribution is -0.143. The number of carbonyl (C=O) groups is 2. The summed E-state index contributed by atoms with van der Waals surface area (Å²) in [5, 5.41) is 9.45. The number of rotatable bonds is 5. The Morgan fingerprint density at radius 2 is 1.79 bits per heavy atom.